The predicted molar refractivity (Wildman–Crippen MR) is 82.6 cm³/mol. The fourth-order valence-corrected chi connectivity index (χ4v) is 2.03. The minimum absolute atomic E-state index is 0. The molecule has 3 nitrogen and oxygen atoms in total. The van der Waals surface area contributed by atoms with Crippen molar-refractivity contribution in [3.05, 3.63) is 35.9 Å². The van der Waals surface area contributed by atoms with Crippen LogP contribution in [0.2, 0.25) is 0 Å². The van der Waals surface area contributed by atoms with E-state index in [-0.39, 0.29) is 29.8 Å². The average molecular weight is 285 g/mol. The van der Waals surface area contributed by atoms with Crippen LogP contribution in [0.1, 0.15) is 45.1 Å². The molecule has 0 aliphatic rings. The van der Waals surface area contributed by atoms with Gasteiger partial charge < -0.3 is 11.1 Å². The number of hydrogen-bond acceptors (Lipinski definition) is 2. The van der Waals surface area contributed by atoms with Crippen molar-refractivity contribution < 1.29 is 4.79 Å². The van der Waals surface area contributed by atoms with Gasteiger partial charge in [-0.3, -0.25) is 4.79 Å². The molecule has 0 fully saturated rings. The van der Waals surface area contributed by atoms with E-state index in [1.165, 1.54) is 0 Å². The van der Waals surface area contributed by atoms with Gasteiger partial charge in [-0.05, 0) is 25.3 Å². The van der Waals surface area contributed by atoms with E-state index >= 15 is 0 Å². The summed E-state index contributed by atoms with van der Waals surface area (Å²) in [6, 6.07) is 9.82. The summed E-state index contributed by atoms with van der Waals surface area (Å²) in [4.78, 5) is 12.3. The number of nitrogens with one attached hydrogen (secondary N) is 1. The predicted octanol–water partition coefficient (Wildman–Crippen LogP) is 2.85. The van der Waals surface area contributed by atoms with Gasteiger partial charge in [-0.2, -0.15) is 0 Å². The van der Waals surface area contributed by atoms with Crippen molar-refractivity contribution in [2.24, 2.45) is 5.73 Å². The summed E-state index contributed by atoms with van der Waals surface area (Å²) < 4.78 is 0. The monoisotopic (exact) mass is 284 g/mol. The van der Waals surface area contributed by atoms with Gasteiger partial charge in [0.15, 0.2) is 0 Å². The highest BCUT2D eigenvalue weighted by Crippen LogP contribution is 2.19. The van der Waals surface area contributed by atoms with Gasteiger partial charge in [-0.25, -0.2) is 0 Å². The first kappa shape index (κ1) is 17.9. The van der Waals surface area contributed by atoms with Crippen molar-refractivity contribution in [2.75, 3.05) is 6.54 Å². The lowest BCUT2D eigenvalue weighted by molar-refractivity contribution is -0.124. The van der Waals surface area contributed by atoms with E-state index in [1.807, 2.05) is 37.3 Å². The Morgan fingerprint density at radius 3 is 2.21 bits per heavy atom. The summed E-state index contributed by atoms with van der Waals surface area (Å²) in [5.74, 6) is -0.0921. The third kappa shape index (κ3) is 4.51. The van der Waals surface area contributed by atoms with E-state index in [9.17, 15) is 4.79 Å². The number of hydrogen-bond donors (Lipinski definition) is 2. The molecule has 0 saturated heterocycles. The molecule has 1 atom stereocenters. The van der Waals surface area contributed by atoms with Crippen LogP contribution in [0.15, 0.2) is 30.3 Å². The summed E-state index contributed by atoms with van der Waals surface area (Å²) in [7, 11) is 0. The number of carbonyl (C=O) groups excluding carboxylic acids is 1. The van der Waals surface area contributed by atoms with Crippen LogP contribution in [0.5, 0.6) is 0 Å². The first-order valence-corrected chi connectivity index (χ1v) is 6.65. The van der Waals surface area contributed by atoms with Gasteiger partial charge in [0.1, 0.15) is 0 Å². The van der Waals surface area contributed by atoms with Crippen molar-refractivity contribution in [1.82, 2.24) is 5.32 Å². The Labute approximate surface area is 122 Å². The van der Waals surface area contributed by atoms with E-state index in [2.05, 4.69) is 19.2 Å². The van der Waals surface area contributed by atoms with Crippen molar-refractivity contribution in [1.29, 1.82) is 0 Å². The second-order valence-corrected chi connectivity index (χ2v) is 4.81. The molecule has 0 aliphatic carbocycles. The van der Waals surface area contributed by atoms with Crippen LogP contribution in [-0.2, 0) is 4.79 Å². The molecular weight excluding hydrogens is 260 g/mol. The molecule has 0 saturated carbocycles. The molecule has 1 aromatic carbocycles. The molecule has 0 spiro atoms. The van der Waals surface area contributed by atoms with Crippen molar-refractivity contribution in [3.8, 4) is 0 Å². The number of carbonyl (C=O) groups is 1. The Bertz CT molecular complexity index is 369. The van der Waals surface area contributed by atoms with Crippen LogP contribution in [-0.4, -0.2) is 18.0 Å². The lowest BCUT2D eigenvalue weighted by Crippen LogP contribution is -2.53. The molecule has 4 heteroatoms. The maximum atomic E-state index is 12.3. The van der Waals surface area contributed by atoms with Gasteiger partial charge in [0.25, 0.3) is 0 Å². The molecular formula is C15H25ClN2O. The van der Waals surface area contributed by atoms with Crippen molar-refractivity contribution in [3.63, 3.8) is 0 Å². The summed E-state index contributed by atoms with van der Waals surface area (Å²) >= 11 is 0. The topological polar surface area (TPSA) is 55.1 Å². The van der Waals surface area contributed by atoms with Crippen LogP contribution < -0.4 is 11.1 Å². The fraction of sp³-hybridized carbons (Fsp3) is 0.533. The quantitative estimate of drug-likeness (QED) is 0.844. The van der Waals surface area contributed by atoms with Crippen LogP contribution >= 0.6 is 12.4 Å². The zero-order valence-corrected chi connectivity index (χ0v) is 12.8. The number of benzene rings is 1. The van der Waals surface area contributed by atoms with E-state index < -0.39 is 0 Å². The molecule has 0 radical (unpaired) electrons. The van der Waals surface area contributed by atoms with Gasteiger partial charge in [0.05, 0.1) is 11.5 Å². The van der Waals surface area contributed by atoms with Gasteiger partial charge in [0, 0.05) is 6.54 Å². The summed E-state index contributed by atoms with van der Waals surface area (Å²) in [5, 5.41) is 3.11. The van der Waals surface area contributed by atoms with Crippen molar-refractivity contribution in [2.45, 2.75) is 45.1 Å². The van der Waals surface area contributed by atoms with Gasteiger partial charge >= 0.3 is 0 Å². The molecule has 1 rings (SSSR count). The third-order valence-electron chi connectivity index (χ3n) is 3.83. The van der Waals surface area contributed by atoms with Gasteiger partial charge in [0.2, 0.25) is 5.91 Å². The molecule has 19 heavy (non-hydrogen) atoms. The number of rotatable bonds is 6. The Hall–Kier alpha value is -1.06. The minimum atomic E-state index is -0.264. The molecule has 108 valence electrons. The standard InChI is InChI=1S/C15H24N2O.ClH/c1-4-15(5-2,11-16)17-14(18)12(3)13-9-7-6-8-10-13;/h6-10,12H,4-5,11,16H2,1-3H3,(H,17,18);1H. The maximum Gasteiger partial charge on any atom is 0.227 e. The Balaban J connectivity index is 0.00000324. The SMILES string of the molecule is CCC(CC)(CN)NC(=O)C(C)c1ccccc1.Cl. The molecule has 1 amide bonds. The lowest BCUT2D eigenvalue weighted by atomic mass is 9.91. The van der Waals surface area contributed by atoms with Gasteiger partial charge in [-0.1, -0.05) is 44.2 Å². The number of amides is 1. The molecule has 1 unspecified atom stereocenters. The van der Waals surface area contributed by atoms with Gasteiger partial charge in [-0.15, -0.1) is 12.4 Å². The Morgan fingerprint density at radius 1 is 1.26 bits per heavy atom. The normalized spacial score (nSPS) is 12.4. The fourth-order valence-electron chi connectivity index (χ4n) is 2.03. The highest BCUT2D eigenvalue weighted by molar-refractivity contribution is 5.85. The second kappa shape index (κ2) is 8.18. The van der Waals surface area contributed by atoms with E-state index in [0.29, 0.717) is 6.54 Å². The second-order valence-electron chi connectivity index (χ2n) is 4.81. The van der Waals surface area contributed by atoms with E-state index in [4.69, 9.17) is 5.73 Å². The molecule has 0 aromatic heterocycles. The minimum Gasteiger partial charge on any atom is -0.349 e. The highest BCUT2D eigenvalue weighted by atomic mass is 35.5. The third-order valence-corrected chi connectivity index (χ3v) is 3.83. The number of nitrogens with two attached hydrogens (primary N) is 1. The van der Waals surface area contributed by atoms with Crippen molar-refractivity contribution >= 4 is 18.3 Å². The average Bonchev–Trinajstić information content (AvgIpc) is 2.45. The zero-order valence-electron chi connectivity index (χ0n) is 12.0. The summed E-state index contributed by atoms with van der Waals surface area (Å²) in [6.07, 6.45) is 1.71. The van der Waals surface area contributed by atoms with Crippen LogP contribution in [0.4, 0.5) is 0 Å². The molecule has 0 aliphatic heterocycles. The first-order valence-electron chi connectivity index (χ1n) is 6.65. The molecule has 1 aromatic rings. The van der Waals surface area contributed by atoms with E-state index in [1.54, 1.807) is 0 Å². The van der Waals surface area contributed by atoms with Crippen LogP contribution in [0.3, 0.4) is 0 Å². The summed E-state index contributed by atoms with van der Waals surface area (Å²) in [6.45, 7) is 6.53. The lowest BCUT2D eigenvalue weighted by Gasteiger charge is -2.32. The molecule has 3 N–H and O–H groups in total. The molecule has 0 bridgehead atoms. The maximum absolute atomic E-state index is 12.3. The highest BCUT2D eigenvalue weighted by Gasteiger charge is 2.28. The van der Waals surface area contributed by atoms with Crippen LogP contribution in [0.25, 0.3) is 0 Å². The molecule has 0 heterocycles. The van der Waals surface area contributed by atoms with Crippen LogP contribution in [0, 0.1) is 0 Å². The first-order chi connectivity index (χ1) is 8.58. The van der Waals surface area contributed by atoms with E-state index in [0.717, 1.165) is 18.4 Å². The Kier molecular flexibility index (Phi) is 7.72. The number of halogens is 1. The largest absolute Gasteiger partial charge is 0.349 e. The summed E-state index contributed by atoms with van der Waals surface area (Å²) in [5.41, 5.74) is 6.57. The Morgan fingerprint density at radius 2 is 1.79 bits per heavy atom. The smallest absolute Gasteiger partial charge is 0.227 e. The zero-order chi connectivity index (χ0) is 13.6.